The zero-order valence-electron chi connectivity index (χ0n) is 17.9. The Labute approximate surface area is 207 Å². The fraction of sp³-hybridized carbons (Fsp3) is 0.750. The number of aliphatic hydroxyl groups excluding tert-OH is 2. The molecule has 0 aliphatic carbocycles. The molecule has 0 heterocycles. The van der Waals surface area contributed by atoms with Crippen molar-refractivity contribution < 1.29 is 43.3 Å². The van der Waals surface area contributed by atoms with Gasteiger partial charge in [-0.25, -0.2) is 14.6 Å². The average molecular weight is 551 g/mol. The summed E-state index contributed by atoms with van der Waals surface area (Å²) in [6.07, 6.45) is 0.835. The number of thioether (sulfide) groups is 3. The summed E-state index contributed by atoms with van der Waals surface area (Å²) < 4.78 is 21.5. The highest BCUT2D eigenvalue weighted by molar-refractivity contribution is 8.15. The van der Waals surface area contributed by atoms with Gasteiger partial charge in [0.05, 0.1) is 58.2 Å². The Kier molecular flexibility index (Phi) is 24.4. The first-order chi connectivity index (χ1) is 16.1. The zero-order chi connectivity index (χ0) is 24.4. The highest BCUT2D eigenvalue weighted by Crippen LogP contribution is 2.04. The standard InChI is InChI=1S/C16H30N4O9S4/c21-3-1-5-26-15(23)19-10-31-9-18-12-33(25)14-32-13-27-16(24)20-11-30-8-17-7-29-28-6-2-4-22/h7,12,21-22H,1-6,8-11,13-14H2,(H,19,23)(H,20,24)/b17-7+,18-12+. The maximum absolute atomic E-state index is 11.8. The van der Waals surface area contributed by atoms with Crippen LogP contribution in [0.15, 0.2) is 9.98 Å². The molecule has 13 nitrogen and oxygen atoms in total. The van der Waals surface area contributed by atoms with Crippen molar-refractivity contribution in [3.8, 4) is 0 Å². The largest absolute Gasteiger partial charge is 0.449 e. The van der Waals surface area contributed by atoms with E-state index in [4.69, 9.17) is 19.7 Å². The van der Waals surface area contributed by atoms with Crippen LogP contribution in [0.4, 0.5) is 9.59 Å². The molecular formula is C16H30N4O9S4. The van der Waals surface area contributed by atoms with E-state index in [0.29, 0.717) is 24.6 Å². The van der Waals surface area contributed by atoms with E-state index >= 15 is 0 Å². The quantitative estimate of drug-likeness (QED) is 0.0397. The topological polar surface area (TPSA) is 177 Å². The molecule has 0 aliphatic rings. The summed E-state index contributed by atoms with van der Waals surface area (Å²) in [5, 5.41) is 22.4. The Bertz CT molecular complexity index is 588. The number of carbonyl (C=O) groups is 2. The Morgan fingerprint density at radius 2 is 1.55 bits per heavy atom. The van der Waals surface area contributed by atoms with Gasteiger partial charge in [-0.2, -0.15) is 4.89 Å². The van der Waals surface area contributed by atoms with Crippen molar-refractivity contribution in [2.24, 2.45) is 9.98 Å². The van der Waals surface area contributed by atoms with Gasteiger partial charge < -0.3 is 35.2 Å². The van der Waals surface area contributed by atoms with Crippen LogP contribution >= 0.6 is 35.3 Å². The van der Waals surface area contributed by atoms with Gasteiger partial charge in [0.1, 0.15) is 5.94 Å². The second-order valence-corrected chi connectivity index (χ2v) is 9.81. The minimum Gasteiger partial charge on any atom is -0.449 e. The van der Waals surface area contributed by atoms with Crippen LogP contribution in [0.3, 0.4) is 0 Å². The summed E-state index contributed by atoms with van der Waals surface area (Å²) in [7, 11) is -1.31. The lowest BCUT2D eigenvalue weighted by molar-refractivity contribution is -0.217. The van der Waals surface area contributed by atoms with Crippen molar-refractivity contribution >= 4 is 70.2 Å². The van der Waals surface area contributed by atoms with Gasteiger partial charge >= 0.3 is 12.2 Å². The van der Waals surface area contributed by atoms with Gasteiger partial charge in [0, 0.05) is 19.6 Å². The van der Waals surface area contributed by atoms with E-state index in [0.717, 1.165) is 6.40 Å². The van der Waals surface area contributed by atoms with Crippen molar-refractivity contribution in [1.82, 2.24) is 10.6 Å². The molecule has 0 saturated carbocycles. The molecule has 192 valence electrons. The fourth-order valence-corrected chi connectivity index (χ4v) is 4.03. The van der Waals surface area contributed by atoms with E-state index < -0.39 is 23.0 Å². The Morgan fingerprint density at radius 3 is 2.24 bits per heavy atom. The molecule has 0 saturated heterocycles. The van der Waals surface area contributed by atoms with Crippen LogP contribution in [0.1, 0.15) is 12.8 Å². The number of carbonyl (C=O) groups excluding carboxylic acids is 2. The first kappa shape index (κ1) is 31.8. The summed E-state index contributed by atoms with van der Waals surface area (Å²) in [6.45, 7) is 0.408. The highest BCUT2D eigenvalue weighted by Gasteiger charge is 2.03. The second kappa shape index (κ2) is 25.4. The van der Waals surface area contributed by atoms with E-state index in [9.17, 15) is 13.8 Å². The lowest BCUT2D eigenvalue weighted by Crippen LogP contribution is -2.24. The molecule has 0 aromatic rings. The Morgan fingerprint density at radius 1 is 0.909 bits per heavy atom. The number of aliphatic imine (C=N–C) groups is 2. The van der Waals surface area contributed by atoms with Crippen molar-refractivity contribution in [2.45, 2.75) is 12.8 Å². The summed E-state index contributed by atoms with van der Waals surface area (Å²) in [6, 6.07) is 0. The third-order valence-corrected chi connectivity index (χ3v) is 6.37. The Hall–Kier alpha value is -1.24. The highest BCUT2D eigenvalue weighted by atomic mass is 32.2. The molecule has 4 N–H and O–H groups in total. The molecular weight excluding hydrogens is 520 g/mol. The number of rotatable bonds is 21. The number of aliphatic hydroxyl groups is 2. The van der Waals surface area contributed by atoms with Crippen molar-refractivity contribution in [3.05, 3.63) is 0 Å². The molecule has 33 heavy (non-hydrogen) atoms. The minimum absolute atomic E-state index is 0.0241. The van der Waals surface area contributed by atoms with Gasteiger partial charge in [-0.15, -0.1) is 35.3 Å². The smallest absolute Gasteiger partial charge is 0.408 e. The molecule has 1 unspecified atom stereocenters. The third-order valence-electron chi connectivity index (χ3n) is 2.74. The number of hydrogen-bond acceptors (Lipinski definition) is 14. The van der Waals surface area contributed by atoms with Gasteiger partial charge in [-0.05, 0) is 6.42 Å². The van der Waals surface area contributed by atoms with Crippen LogP contribution in [0.25, 0.3) is 0 Å². The summed E-state index contributed by atoms with van der Waals surface area (Å²) in [4.78, 5) is 39.9. The second-order valence-electron chi connectivity index (χ2n) is 5.35. The SMILES string of the molecule is O=C(NCSC/N=C/S(=O)CSCOC(=O)NCSC/N=C/OOCCCO)OCCCO. The average Bonchev–Trinajstić information content (AvgIpc) is 2.80. The molecule has 17 heteroatoms. The molecule has 0 radical (unpaired) electrons. The maximum Gasteiger partial charge on any atom is 0.408 e. The van der Waals surface area contributed by atoms with Crippen LogP contribution in [0, 0.1) is 0 Å². The lowest BCUT2D eigenvalue weighted by Gasteiger charge is -2.05. The number of hydrogen-bond donors (Lipinski definition) is 4. The van der Waals surface area contributed by atoms with Gasteiger partial charge in [0.25, 0.3) is 0 Å². The van der Waals surface area contributed by atoms with E-state index in [2.05, 4.69) is 30.4 Å². The van der Waals surface area contributed by atoms with E-state index in [-0.39, 0.29) is 49.2 Å². The van der Waals surface area contributed by atoms with Crippen LogP contribution in [0.5, 0.6) is 0 Å². The zero-order valence-corrected chi connectivity index (χ0v) is 21.2. The molecule has 1 atom stereocenters. The van der Waals surface area contributed by atoms with Crippen LogP contribution < -0.4 is 10.6 Å². The molecule has 0 bridgehead atoms. The van der Waals surface area contributed by atoms with Crippen LogP contribution in [-0.4, -0.2) is 99.5 Å². The van der Waals surface area contributed by atoms with Gasteiger partial charge in [-0.3, -0.25) is 9.20 Å². The predicted molar refractivity (Wildman–Crippen MR) is 132 cm³/mol. The maximum atomic E-state index is 11.8. The van der Waals surface area contributed by atoms with Gasteiger partial charge in [0.2, 0.25) is 6.40 Å². The van der Waals surface area contributed by atoms with Gasteiger partial charge in [0.15, 0.2) is 0 Å². The van der Waals surface area contributed by atoms with Crippen molar-refractivity contribution in [1.29, 1.82) is 0 Å². The summed E-state index contributed by atoms with van der Waals surface area (Å²) in [5.74, 6) is 1.29. The lowest BCUT2D eigenvalue weighted by atomic mass is 10.5. The number of ether oxygens (including phenoxy) is 2. The first-order valence-corrected chi connectivity index (χ1v) is 14.3. The minimum atomic E-state index is -1.31. The first-order valence-electron chi connectivity index (χ1n) is 9.50. The number of amides is 2. The van der Waals surface area contributed by atoms with Gasteiger partial charge in [-0.1, -0.05) is 0 Å². The van der Waals surface area contributed by atoms with Crippen molar-refractivity contribution in [3.63, 3.8) is 0 Å². The molecule has 0 aromatic heterocycles. The Balaban J connectivity index is 3.51. The summed E-state index contributed by atoms with van der Waals surface area (Å²) >= 11 is 3.80. The normalized spacial score (nSPS) is 12.1. The van der Waals surface area contributed by atoms with E-state index in [1.54, 1.807) is 0 Å². The monoisotopic (exact) mass is 550 g/mol. The number of nitrogens with one attached hydrogen (secondary N) is 2. The van der Waals surface area contributed by atoms with Crippen molar-refractivity contribution in [2.75, 3.05) is 61.0 Å². The third kappa shape index (κ3) is 25.2. The van der Waals surface area contributed by atoms with E-state index in [1.165, 1.54) is 40.8 Å². The number of nitrogens with zero attached hydrogens (tertiary/aromatic N) is 2. The summed E-state index contributed by atoms with van der Waals surface area (Å²) in [5.41, 5.74) is 1.30. The molecule has 2 amide bonds. The molecule has 0 fully saturated rings. The molecule has 0 spiro atoms. The van der Waals surface area contributed by atoms with E-state index in [1.807, 2.05) is 0 Å². The molecule has 0 aromatic carbocycles. The van der Waals surface area contributed by atoms with Crippen LogP contribution in [0.2, 0.25) is 0 Å². The van der Waals surface area contributed by atoms with Crippen LogP contribution in [-0.2, 0) is 30.0 Å². The fourth-order valence-electron chi connectivity index (χ4n) is 1.37. The molecule has 0 aliphatic heterocycles. The molecule has 0 rings (SSSR count). The number of alkyl carbamates (subject to hydrolysis) is 2. The predicted octanol–water partition coefficient (Wildman–Crippen LogP) is 0.902.